The summed E-state index contributed by atoms with van der Waals surface area (Å²) in [6, 6.07) is 0.755. The molecule has 21 heavy (non-hydrogen) atoms. The first kappa shape index (κ1) is 17.3. The first-order chi connectivity index (χ1) is 9.91. The number of nitrogens with zero attached hydrogens (tertiary/aromatic N) is 1. The molecule has 0 spiro atoms. The largest absolute Gasteiger partial charge is 0.314 e. The summed E-state index contributed by atoms with van der Waals surface area (Å²) < 4.78 is 0. The minimum Gasteiger partial charge on any atom is -0.314 e. The van der Waals surface area contributed by atoms with E-state index in [9.17, 15) is 0 Å². The monoisotopic (exact) mass is 294 g/mol. The van der Waals surface area contributed by atoms with Gasteiger partial charge in [-0.05, 0) is 74.9 Å². The highest BCUT2D eigenvalue weighted by Crippen LogP contribution is 2.39. The molecule has 1 saturated heterocycles. The maximum absolute atomic E-state index is 3.76. The van der Waals surface area contributed by atoms with E-state index in [2.05, 4.69) is 44.8 Å². The van der Waals surface area contributed by atoms with Gasteiger partial charge in [0.15, 0.2) is 0 Å². The van der Waals surface area contributed by atoms with Gasteiger partial charge < -0.3 is 10.2 Å². The average molecular weight is 295 g/mol. The van der Waals surface area contributed by atoms with Crippen molar-refractivity contribution >= 4 is 0 Å². The maximum Gasteiger partial charge on any atom is 0.0108 e. The zero-order valence-electron chi connectivity index (χ0n) is 15.1. The van der Waals surface area contributed by atoms with Crippen LogP contribution in [0.3, 0.4) is 0 Å². The summed E-state index contributed by atoms with van der Waals surface area (Å²) in [6.07, 6.45) is 6.98. The number of hydrogen-bond acceptors (Lipinski definition) is 2. The molecule has 1 aliphatic carbocycles. The van der Waals surface area contributed by atoms with E-state index in [0.717, 1.165) is 30.3 Å². The third-order valence-electron chi connectivity index (χ3n) is 6.05. The molecule has 124 valence electrons. The van der Waals surface area contributed by atoms with Crippen molar-refractivity contribution < 1.29 is 0 Å². The van der Waals surface area contributed by atoms with Gasteiger partial charge in [-0.25, -0.2) is 0 Å². The van der Waals surface area contributed by atoms with Crippen LogP contribution >= 0.6 is 0 Å². The molecule has 2 nitrogen and oxygen atoms in total. The standard InChI is InChI=1S/C19H38N2/c1-6-20-18-7-10-19(4,5)13-17(18)14-21-11-8-16(9-12-21)15(2)3/h15-18,20H,6-14H2,1-5H3. The van der Waals surface area contributed by atoms with E-state index in [0.29, 0.717) is 5.41 Å². The van der Waals surface area contributed by atoms with Crippen molar-refractivity contribution in [3.63, 3.8) is 0 Å². The molecule has 1 heterocycles. The smallest absolute Gasteiger partial charge is 0.0108 e. The Morgan fingerprint density at radius 3 is 2.38 bits per heavy atom. The predicted octanol–water partition coefficient (Wildman–Crippen LogP) is 4.16. The number of piperidine rings is 1. The Hall–Kier alpha value is -0.0800. The lowest BCUT2D eigenvalue weighted by molar-refractivity contribution is 0.0780. The number of hydrogen-bond donors (Lipinski definition) is 1. The quantitative estimate of drug-likeness (QED) is 0.819. The highest BCUT2D eigenvalue weighted by atomic mass is 15.1. The van der Waals surface area contributed by atoms with Crippen molar-refractivity contribution in [3.8, 4) is 0 Å². The maximum atomic E-state index is 3.76. The third kappa shape index (κ3) is 4.96. The van der Waals surface area contributed by atoms with E-state index in [4.69, 9.17) is 0 Å². The lowest BCUT2D eigenvalue weighted by Gasteiger charge is -2.44. The Morgan fingerprint density at radius 2 is 1.81 bits per heavy atom. The van der Waals surface area contributed by atoms with Gasteiger partial charge in [0, 0.05) is 12.6 Å². The summed E-state index contributed by atoms with van der Waals surface area (Å²) in [5.41, 5.74) is 0.548. The van der Waals surface area contributed by atoms with Crippen LogP contribution in [0.25, 0.3) is 0 Å². The zero-order chi connectivity index (χ0) is 15.5. The summed E-state index contributed by atoms with van der Waals surface area (Å²) in [5, 5.41) is 3.76. The molecular formula is C19H38N2. The lowest BCUT2D eigenvalue weighted by Crippen LogP contribution is -2.49. The van der Waals surface area contributed by atoms with Crippen molar-refractivity contribution in [1.82, 2.24) is 10.2 Å². The normalized spacial score (nSPS) is 31.7. The molecule has 0 aromatic carbocycles. The van der Waals surface area contributed by atoms with Crippen molar-refractivity contribution in [3.05, 3.63) is 0 Å². The van der Waals surface area contributed by atoms with E-state index in [-0.39, 0.29) is 0 Å². The van der Waals surface area contributed by atoms with Gasteiger partial charge in [-0.1, -0.05) is 34.6 Å². The second-order valence-corrected chi connectivity index (χ2v) is 8.71. The molecule has 2 aliphatic rings. The molecule has 2 atom stereocenters. The third-order valence-corrected chi connectivity index (χ3v) is 6.05. The molecule has 0 bridgehead atoms. The van der Waals surface area contributed by atoms with Crippen molar-refractivity contribution in [2.24, 2.45) is 23.2 Å². The molecule has 0 amide bonds. The van der Waals surface area contributed by atoms with Crippen LogP contribution in [0.4, 0.5) is 0 Å². The van der Waals surface area contributed by atoms with Crippen LogP contribution in [0.15, 0.2) is 0 Å². The van der Waals surface area contributed by atoms with Crippen LogP contribution < -0.4 is 5.32 Å². The van der Waals surface area contributed by atoms with Crippen molar-refractivity contribution in [1.29, 1.82) is 0 Å². The highest BCUT2D eigenvalue weighted by Gasteiger charge is 2.35. The van der Waals surface area contributed by atoms with Crippen molar-refractivity contribution in [2.45, 2.75) is 72.8 Å². The van der Waals surface area contributed by atoms with Gasteiger partial charge >= 0.3 is 0 Å². The van der Waals surface area contributed by atoms with Gasteiger partial charge in [0.1, 0.15) is 0 Å². The van der Waals surface area contributed by atoms with Crippen LogP contribution in [-0.4, -0.2) is 37.1 Å². The van der Waals surface area contributed by atoms with Crippen LogP contribution in [0, 0.1) is 23.2 Å². The Bertz CT molecular complexity index is 303. The predicted molar refractivity (Wildman–Crippen MR) is 92.6 cm³/mol. The number of nitrogens with one attached hydrogen (secondary N) is 1. The van der Waals surface area contributed by atoms with Gasteiger partial charge in [0.05, 0.1) is 0 Å². The van der Waals surface area contributed by atoms with Crippen LogP contribution in [0.1, 0.15) is 66.7 Å². The summed E-state index contributed by atoms with van der Waals surface area (Å²) in [6.45, 7) is 17.1. The second kappa shape index (κ2) is 7.46. The van der Waals surface area contributed by atoms with Gasteiger partial charge in [-0.15, -0.1) is 0 Å². The number of likely N-dealkylation sites (tertiary alicyclic amines) is 1. The molecule has 2 rings (SSSR count). The molecule has 0 radical (unpaired) electrons. The molecule has 2 fully saturated rings. The van der Waals surface area contributed by atoms with Gasteiger partial charge in [0.25, 0.3) is 0 Å². The Kier molecular flexibility index (Phi) is 6.14. The Balaban J connectivity index is 1.87. The fourth-order valence-corrected chi connectivity index (χ4v) is 4.59. The summed E-state index contributed by atoms with van der Waals surface area (Å²) in [4.78, 5) is 2.76. The summed E-state index contributed by atoms with van der Waals surface area (Å²) in [5.74, 6) is 2.69. The first-order valence-corrected chi connectivity index (χ1v) is 9.37. The zero-order valence-corrected chi connectivity index (χ0v) is 15.1. The van der Waals surface area contributed by atoms with Crippen LogP contribution in [-0.2, 0) is 0 Å². The molecule has 0 aromatic heterocycles. The average Bonchev–Trinajstić information content (AvgIpc) is 2.42. The minimum absolute atomic E-state index is 0.548. The van der Waals surface area contributed by atoms with E-state index < -0.39 is 0 Å². The van der Waals surface area contributed by atoms with Crippen molar-refractivity contribution in [2.75, 3.05) is 26.2 Å². The fourth-order valence-electron chi connectivity index (χ4n) is 4.59. The van der Waals surface area contributed by atoms with Gasteiger partial charge in [-0.2, -0.15) is 0 Å². The molecular weight excluding hydrogens is 256 g/mol. The summed E-state index contributed by atoms with van der Waals surface area (Å²) in [7, 11) is 0. The topological polar surface area (TPSA) is 15.3 Å². The molecule has 1 saturated carbocycles. The highest BCUT2D eigenvalue weighted by molar-refractivity contribution is 4.90. The Morgan fingerprint density at radius 1 is 1.14 bits per heavy atom. The van der Waals surface area contributed by atoms with E-state index >= 15 is 0 Å². The molecule has 2 heteroatoms. The Labute approximate surface area is 133 Å². The lowest BCUT2D eigenvalue weighted by atomic mass is 9.69. The second-order valence-electron chi connectivity index (χ2n) is 8.71. The van der Waals surface area contributed by atoms with Gasteiger partial charge in [-0.3, -0.25) is 0 Å². The van der Waals surface area contributed by atoms with Crippen LogP contribution in [0.5, 0.6) is 0 Å². The molecule has 0 aromatic rings. The SMILES string of the molecule is CCNC1CCC(C)(C)CC1CN1CCC(C(C)C)CC1. The van der Waals surface area contributed by atoms with Gasteiger partial charge in [0.2, 0.25) is 0 Å². The summed E-state index contributed by atoms with van der Waals surface area (Å²) >= 11 is 0. The molecule has 2 unspecified atom stereocenters. The molecule has 1 N–H and O–H groups in total. The van der Waals surface area contributed by atoms with Crippen LogP contribution in [0.2, 0.25) is 0 Å². The van der Waals surface area contributed by atoms with E-state index in [1.54, 1.807) is 0 Å². The molecule has 1 aliphatic heterocycles. The van der Waals surface area contributed by atoms with E-state index in [1.807, 2.05) is 0 Å². The number of rotatable bonds is 5. The van der Waals surface area contributed by atoms with E-state index in [1.165, 1.54) is 51.7 Å². The fraction of sp³-hybridized carbons (Fsp3) is 1.00. The first-order valence-electron chi connectivity index (χ1n) is 9.37. The minimum atomic E-state index is 0.548.